The second-order valence-corrected chi connectivity index (χ2v) is 8.51. The first-order valence-corrected chi connectivity index (χ1v) is 10.5. The number of nitrogens with zero attached hydrogens (tertiary/aromatic N) is 3. The van der Waals surface area contributed by atoms with Gasteiger partial charge in [-0.2, -0.15) is 4.31 Å². The lowest BCUT2D eigenvalue weighted by Crippen LogP contribution is -2.48. The van der Waals surface area contributed by atoms with Gasteiger partial charge in [0.15, 0.2) is 0 Å². The summed E-state index contributed by atoms with van der Waals surface area (Å²) >= 11 is 0. The highest BCUT2D eigenvalue weighted by Gasteiger charge is 2.29. The second-order valence-electron chi connectivity index (χ2n) is 6.58. The summed E-state index contributed by atoms with van der Waals surface area (Å²) in [5, 5.41) is 3.52. The van der Waals surface area contributed by atoms with Crippen molar-refractivity contribution in [3.63, 3.8) is 0 Å². The van der Waals surface area contributed by atoms with Crippen molar-refractivity contribution in [2.24, 2.45) is 0 Å². The molecular formula is C20H20N4O4S. The minimum absolute atomic E-state index is 0.192. The maximum absolute atomic E-state index is 13.0. The zero-order valence-electron chi connectivity index (χ0n) is 15.6. The van der Waals surface area contributed by atoms with Crippen LogP contribution in [0.3, 0.4) is 0 Å². The fourth-order valence-electron chi connectivity index (χ4n) is 3.32. The standard InChI is InChI=1S/C20H20N4O4S/c1-2-19(25)22-15-3-5-16(6-4-15)29(26,27)24-12-10-23(11-13-24)20-17-8-14-28-18(17)7-9-21-20/h2-9,14H,1,10-13H2,(H,22,25). The Morgan fingerprint density at radius 1 is 1.10 bits per heavy atom. The number of aromatic nitrogens is 1. The average Bonchev–Trinajstić information content (AvgIpc) is 3.23. The molecule has 1 amide bonds. The molecule has 0 atom stereocenters. The van der Waals surface area contributed by atoms with Gasteiger partial charge >= 0.3 is 0 Å². The Labute approximate surface area is 168 Å². The fraction of sp³-hybridized carbons (Fsp3) is 0.200. The molecular weight excluding hydrogens is 392 g/mol. The number of anilines is 2. The van der Waals surface area contributed by atoms with Crippen LogP contribution in [0.4, 0.5) is 11.5 Å². The molecule has 0 aliphatic carbocycles. The number of furan rings is 1. The highest BCUT2D eigenvalue weighted by atomic mass is 32.2. The van der Waals surface area contributed by atoms with E-state index in [0.717, 1.165) is 22.9 Å². The van der Waals surface area contributed by atoms with Crippen LogP contribution in [0, 0.1) is 0 Å². The number of amides is 1. The second kappa shape index (κ2) is 7.69. The third-order valence-electron chi connectivity index (χ3n) is 4.84. The van der Waals surface area contributed by atoms with E-state index in [1.165, 1.54) is 16.4 Å². The van der Waals surface area contributed by atoms with E-state index in [1.807, 2.05) is 6.07 Å². The molecule has 29 heavy (non-hydrogen) atoms. The lowest BCUT2D eigenvalue weighted by Gasteiger charge is -2.34. The fourth-order valence-corrected chi connectivity index (χ4v) is 4.75. The predicted molar refractivity (Wildman–Crippen MR) is 110 cm³/mol. The third-order valence-corrected chi connectivity index (χ3v) is 6.75. The normalized spacial score (nSPS) is 15.4. The molecule has 0 radical (unpaired) electrons. The van der Waals surface area contributed by atoms with Crippen LogP contribution in [0.15, 0.2) is 70.8 Å². The van der Waals surface area contributed by atoms with Crippen LogP contribution < -0.4 is 10.2 Å². The van der Waals surface area contributed by atoms with Crippen molar-refractivity contribution in [1.29, 1.82) is 0 Å². The molecule has 1 aromatic carbocycles. The minimum Gasteiger partial charge on any atom is -0.464 e. The van der Waals surface area contributed by atoms with Gasteiger partial charge in [-0.25, -0.2) is 13.4 Å². The van der Waals surface area contributed by atoms with E-state index >= 15 is 0 Å². The van der Waals surface area contributed by atoms with E-state index in [4.69, 9.17) is 4.42 Å². The van der Waals surface area contributed by atoms with Crippen LogP contribution in [0.2, 0.25) is 0 Å². The summed E-state index contributed by atoms with van der Waals surface area (Å²) in [5.74, 6) is 0.452. The van der Waals surface area contributed by atoms with Crippen molar-refractivity contribution in [2.75, 3.05) is 36.4 Å². The van der Waals surface area contributed by atoms with Crippen LogP contribution in [0.5, 0.6) is 0 Å². The van der Waals surface area contributed by atoms with Gasteiger partial charge < -0.3 is 14.6 Å². The van der Waals surface area contributed by atoms with Crippen LogP contribution >= 0.6 is 0 Å². The smallest absolute Gasteiger partial charge is 0.247 e. The van der Waals surface area contributed by atoms with E-state index in [-0.39, 0.29) is 10.8 Å². The summed E-state index contributed by atoms with van der Waals surface area (Å²) in [6.07, 6.45) is 4.47. The quantitative estimate of drug-likeness (QED) is 0.647. The highest BCUT2D eigenvalue weighted by Crippen LogP contribution is 2.27. The number of rotatable bonds is 5. The molecule has 4 rings (SSSR count). The van der Waals surface area contributed by atoms with Crippen molar-refractivity contribution in [2.45, 2.75) is 4.90 Å². The van der Waals surface area contributed by atoms with E-state index in [2.05, 4.69) is 21.8 Å². The van der Waals surface area contributed by atoms with E-state index < -0.39 is 10.0 Å². The topological polar surface area (TPSA) is 95.8 Å². The zero-order valence-corrected chi connectivity index (χ0v) is 16.4. The summed E-state index contributed by atoms with van der Waals surface area (Å²) in [6.45, 7) is 5.16. The molecule has 9 heteroatoms. The summed E-state index contributed by atoms with van der Waals surface area (Å²) in [5.41, 5.74) is 1.27. The van der Waals surface area contributed by atoms with E-state index in [9.17, 15) is 13.2 Å². The van der Waals surface area contributed by atoms with Gasteiger partial charge in [0.2, 0.25) is 15.9 Å². The van der Waals surface area contributed by atoms with E-state index in [0.29, 0.717) is 31.9 Å². The van der Waals surface area contributed by atoms with Crippen LogP contribution in [-0.2, 0) is 14.8 Å². The number of nitrogens with one attached hydrogen (secondary N) is 1. The number of hydrogen-bond acceptors (Lipinski definition) is 6. The van der Waals surface area contributed by atoms with Crippen LogP contribution in [0.25, 0.3) is 11.0 Å². The monoisotopic (exact) mass is 412 g/mol. The lowest BCUT2D eigenvalue weighted by atomic mass is 10.2. The Morgan fingerprint density at radius 3 is 2.52 bits per heavy atom. The van der Waals surface area contributed by atoms with Gasteiger partial charge in [0, 0.05) is 38.1 Å². The first kappa shape index (κ1) is 19.2. The minimum atomic E-state index is -3.62. The first-order valence-electron chi connectivity index (χ1n) is 9.10. The molecule has 0 spiro atoms. The van der Waals surface area contributed by atoms with Gasteiger partial charge in [0.1, 0.15) is 11.4 Å². The molecule has 0 saturated carbocycles. The summed E-state index contributed by atoms with van der Waals surface area (Å²) < 4.78 is 32.8. The highest BCUT2D eigenvalue weighted by molar-refractivity contribution is 7.89. The number of piperazine rings is 1. The van der Waals surface area contributed by atoms with Crippen LogP contribution in [-0.4, -0.2) is 49.8 Å². The molecule has 0 unspecified atom stereocenters. The van der Waals surface area contributed by atoms with Gasteiger partial charge in [-0.05, 0) is 42.5 Å². The van der Waals surface area contributed by atoms with Crippen molar-refractivity contribution in [3.8, 4) is 0 Å². The molecule has 3 heterocycles. The van der Waals surface area contributed by atoms with E-state index in [1.54, 1.807) is 30.7 Å². The molecule has 3 aromatic rings. The van der Waals surface area contributed by atoms with Crippen molar-refractivity contribution in [3.05, 3.63) is 61.5 Å². The molecule has 0 bridgehead atoms. The maximum atomic E-state index is 13.0. The molecule has 8 nitrogen and oxygen atoms in total. The molecule has 1 aliphatic heterocycles. The van der Waals surface area contributed by atoms with Crippen LogP contribution in [0.1, 0.15) is 0 Å². The summed E-state index contributed by atoms with van der Waals surface area (Å²) in [6, 6.07) is 9.79. The van der Waals surface area contributed by atoms with Gasteiger partial charge in [-0.1, -0.05) is 6.58 Å². The summed E-state index contributed by atoms with van der Waals surface area (Å²) in [4.78, 5) is 18.1. The SMILES string of the molecule is C=CC(=O)Nc1ccc(S(=O)(=O)N2CCN(c3nccc4occc34)CC2)cc1. The van der Waals surface area contributed by atoms with Gasteiger partial charge in [0.25, 0.3) is 0 Å². The van der Waals surface area contributed by atoms with Crippen molar-refractivity contribution in [1.82, 2.24) is 9.29 Å². The Morgan fingerprint density at radius 2 is 1.83 bits per heavy atom. The number of pyridine rings is 1. The third kappa shape index (κ3) is 3.74. The number of sulfonamides is 1. The predicted octanol–water partition coefficient (Wildman–Crippen LogP) is 2.46. The molecule has 1 fully saturated rings. The number of hydrogen-bond donors (Lipinski definition) is 1. The maximum Gasteiger partial charge on any atom is 0.247 e. The average molecular weight is 412 g/mol. The van der Waals surface area contributed by atoms with Gasteiger partial charge in [-0.3, -0.25) is 4.79 Å². The largest absolute Gasteiger partial charge is 0.464 e. The molecule has 1 N–H and O–H groups in total. The number of fused-ring (bicyclic) bond motifs is 1. The molecule has 150 valence electrons. The van der Waals surface area contributed by atoms with Crippen molar-refractivity contribution >= 4 is 38.4 Å². The first-order chi connectivity index (χ1) is 14.0. The Bertz CT molecular complexity index is 1150. The van der Waals surface area contributed by atoms with Gasteiger partial charge in [-0.15, -0.1) is 0 Å². The Balaban J connectivity index is 1.46. The Kier molecular flexibility index (Phi) is 5.08. The van der Waals surface area contributed by atoms with Crippen molar-refractivity contribution < 1.29 is 17.6 Å². The number of carbonyl (C=O) groups is 1. The Hall–Kier alpha value is -3.17. The molecule has 1 saturated heterocycles. The number of benzene rings is 1. The summed E-state index contributed by atoms with van der Waals surface area (Å²) in [7, 11) is -3.62. The lowest BCUT2D eigenvalue weighted by molar-refractivity contribution is -0.111. The number of carbonyl (C=O) groups excluding carboxylic acids is 1. The molecule has 2 aromatic heterocycles. The zero-order chi connectivity index (χ0) is 20.4. The molecule has 1 aliphatic rings. The van der Waals surface area contributed by atoms with Gasteiger partial charge in [0.05, 0.1) is 16.5 Å².